The van der Waals surface area contributed by atoms with Crippen LogP contribution in [0, 0.1) is 0 Å². The SMILES string of the molecule is COc1ccc(CO[C@@H](C[C@H]2O[C@H](COCc3ccccc3)[C@@H](OCc3ccccc3)[C@H](OCc3ccccc3)[C@H]2OCc2ccccc2)[C@@H](O)[C@@H](OCc2ccccc2)[C@H](OCc2ccccc2)[C@@H]2COC(C)(C)O2)cc1. The summed E-state index contributed by atoms with van der Waals surface area (Å²) in [6.07, 6.45) is -8.28. The van der Waals surface area contributed by atoms with Gasteiger partial charge < -0.3 is 57.2 Å². The van der Waals surface area contributed by atoms with E-state index >= 15 is 0 Å². The van der Waals surface area contributed by atoms with Crippen molar-refractivity contribution >= 4 is 0 Å². The standard InChI is InChI=1S/C66H74O12/c1-66(2)76-47-59(78-66)63(73-43-51-28-16-7-17-29-51)64(74-44-52-30-18-8-19-31-52)60(67)56(70-40-54-34-36-55(68-3)37-35-54)38-57-61(71-41-49-24-12-5-13-25-49)65(75-45-53-32-20-9-21-33-53)62(72-42-50-26-14-6-15-27-50)58(77-57)46-69-39-48-22-10-4-11-23-48/h4-37,56-65,67H,38-47H2,1-3H3/t56-,57+,58+,59-,60+,61-,62+,63+,64+,65+/m0/s1. The van der Waals surface area contributed by atoms with Gasteiger partial charge in [-0.2, -0.15) is 0 Å². The Morgan fingerprint density at radius 3 is 1.35 bits per heavy atom. The molecule has 9 rings (SSSR count). The second-order valence-electron chi connectivity index (χ2n) is 20.3. The van der Waals surface area contributed by atoms with Crippen molar-refractivity contribution in [2.75, 3.05) is 20.3 Å². The second-order valence-corrected chi connectivity index (χ2v) is 20.3. The number of benzene rings is 7. The van der Waals surface area contributed by atoms with Gasteiger partial charge in [-0.15, -0.1) is 0 Å². The van der Waals surface area contributed by atoms with Crippen molar-refractivity contribution in [2.45, 2.75) is 133 Å². The Kier molecular flexibility index (Phi) is 21.2. The van der Waals surface area contributed by atoms with Crippen LogP contribution in [0.3, 0.4) is 0 Å². The van der Waals surface area contributed by atoms with Crippen LogP contribution in [0.2, 0.25) is 0 Å². The Balaban J connectivity index is 1.12. The van der Waals surface area contributed by atoms with E-state index in [0.29, 0.717) is 12.4 Å². The van der Waals surface area contributed by atoms with Gasteiger partial charge in [0, 0.05) is 6.42 Å². The van der Waals surface area contributed by atoms with Gasteiger partial charge in [0.05, 0.1) is 78.8 Å². The molecule has 0 saturated carbocycles. The van der Waals surface area contributed by atoms with Crippen LogP contribution < -0.4 is 4.74 Å². The summed E-state index contributed by atoms with van der Waals surface area (Å²) in [5.41, 5.74) is 6.70. The first-order valence-electron chi connectivity index (χ1n) is 27.1. The number of ether oxygens (including phenoxy) is 11. The Hall–Kier alpha value is -6.10. The average molecular weight is 1060 g/mol. The molecule has 7 aromatic rings. The zero-order chi connectivity index (χ0) is 53.8. The first kappa shape index (κ1) is 56.6. The van der Waals surface area contributed by atoms with Crippen LogP contribution in [0.5, 0.6) is 5.75 Å². The molecule has 1 N–H and O–H groups in total. The molecule has 12 nitrogen and oxygen atoms in total. The van der Waals surface area contributed by atoms with Crippen molar-refractivity contribution in [1.29, 1.82) is 0 Å². The summed E-state index contributed by atoms with van der Waals surface area (Å²) in [5.74, 6) is -0.201. The van der Waals surface area contributed by atoms with Crippen molar-refractivity contribution in [3.05, 3.63) is 245 Å². The number of rotatable bonds is 29. The lowest BCUT2D eigenvalue weighted by atomic mass is 9.88. The number of methoxy groups -OCH3 is 1. The predicted octanol–water partition coefficient (Wildman–Crippen LogP) is 11.4. The topological polar surface area (TPSA) is 122 Å². The van der Waals surface area contributed by atoms with Crippen LogP contribution in [0.25, 0.3) is 0 Å². The molecule has 2 saturated heterocycles. The normalized spacial score (nSPS) is 21.6. The maximum Gasteiger partial charge on any atom is 0.163 e. The average Bonchev–Trinajstić information content (AvgIpc) is 3.96. The van der Waals surface area contributed by atoms with Gasteiger partial charge in [-0.3, -0.25) is 0 Å². The molecular weight excluding hydrogens is 985 g/mol. The summed E-state index contributed by atoms with van der Waals surface area (Å²) in [7, 11) is 1.64. The molecule has 0 unspecified atom stereocenters. The van der Waals surface area contributed by atoms with Gasteiger partial charge in [-0.1, -0.05) is 194 Å². The smallest absolute Gasteiger partial charge is 0.163 e. The van der Waals surface area contributed by atoms with Crippen molar-refractivity contribution in [1.82, 2.24) is 0 Å². The van der Waals surface area contributed by atoms with Gasteiger partial charge in [0.2, 0.25) is 0 Å². The lowest BCUT2D eigenvalue weighted by molar-refractivity contribution is -0.280. The van der Waals surface area contributed by atoms with Gasteiger partial charge in [0.25, 0.3) is 0 Å². The molecule has 0 spiro atoms. The number of hydrogen-bond acceptors (Lipinski definition) is 12. The quantitative estimate of drug-likeness (QED) is 0.0480. The molecule has 410 valence electrons. The first-order chi connectivity index (χ1) is 38.3. The van der Waals surface area contributed by atoms with Crippen LogP contribution in [0.15, 0.2) is 206 Å². The number of aliphatic hydroxyl groups excluding tert-OH is 1. The van der Waals surface area contributed by atoms with E-state index in [-0.39, 0.29) is 59.3 Å². The molecule has 0 bridgehead atoms. The minimum atomic E-state index is -1.35. The fraction of sp³-hybridized carbons (Fsp3) is 0.364. The third-order valence-electron chi connectivity index (χ3n) is 14.1. The summed E-state index contributed by atoms with van der Waals surface area (Å²) in [5, 5.41) is 13.5. The Bertz CT molecular complexity index is 2740. The van der Waals surface area contributed by atoms with E-state index in [0.717, 1.165) is 38.9 Å². The largest absolute Gasteiger partial charge is 0.497 e. The second kappa shape index (κ2) is 29.2. The highest BCUT2D eigenvalue weighted by molar-refractivity contribution is 5.27. The van der Waals surface area contributed by atoms with Crippen LogP contribution >= 0.6 is 0 Å². The maximum absolute atomic E-state index is 13.5. The van der Waals surface area contributed by atoms with Gasteiger partial charge >= 0.3 is 0 Å². The highest BCUT2D eigenvalue weighted by Crippen LogP contribution is 2.36. The van der Waals surface area contributed by atoms with E-state index in [1.165, 1.54) is 0 Å². The highest BCUT2D eigenvalue weighted by atomic mass is 16.8. The van der Waals surface area contributed by atoms with Crippen LogP contribution in [-0.4, -0.2) is 92.3 Å². The molecule has 2 fully saturated rings. The molecule has 2 aliphatic heterocycles. The highest BCUT2D eigenvalue weighted by Gasteiger charge is 2.51. The van der Waals surface area contributed by atoms with Crippen LogP contribution in [0.4, 0.5) is 0 Å². The first-order valence-corrected chi connectivity index (χ1v) is 27.1. The third kappa shape index (κ3) is 16.7. The van der Waals surface area contributed by atoms with E-state index in [9.17, 15) is 5.11 Å². The van der Waals surface area contributed by atoms with E-state index in [4.69, 9.17) is 52.1 Å². The van der Waals surface area contributed by atoms with E-state index in [1.807, 2.05) is 220 Å². The third-order valence-corrected chi connectivity index (χ3v) is 14.1. The Morgan fingerprint density at radius 1 is 0.474 bits per heavy atom. The molecular formula is C66H74O12. The van der Waals surface area contributed by atoms with Crippen molar-refractivity contribution in [3.8, 4) is 5.75 Å². The lowest BCUT2D eigenvalue weighted by Gasteiger charge is -2.47. The fourth-order valence-corrected chi connectivity index (χ4v) is 9.96. The summed E-state index contributed by atoms with van der Waals surface area (Å²) in [6, 6.07) is 67.8. The van der Waals surface area contributed by atoms with E-state index in [1.54, 1.807) is 7.11 Å². The van der Waals surface area contributed by atoms with Crippen molar-refractivity contribution in [3.63, 3.8) is 0 Å². The molecule has 7 aromatic carbocycles. The molecule has 2 aliphatic rings. The van der Waals surface area contributed by atoms with Gasteiger partial charge in [-0.25, -0.2) is 0 Å². The number of hydrogen-bond donors (Lipinski definition) is 1. The molecule has 10 atom stereocenters. The molecule has 12 heteroatoms. The van der Waals surface area contributed by atoms with Gasteiger partial charge in [0.1, 0.15) is 54.6 Å². The molecule has 0 radical (unpaired) electrons. The molecule has 2 heterocycles. The minimum Gasteiger partial charge on any atom is -0.497 e. The van der Waals surface area contributed by atoms with Crippen molar-refractivity contribution in [2.24, 2.45) is 0 Å². The number of aliphatic hydroxyl groups is 1. The minimum absolute atomic E-state index is 0.118. The monoisotopic (exact) mass is 1060 g/mol. The van der Waals surface area contributed by atoms with E-state index < -0.39 is 66.8 Å². The summed E-state index contributed by atoms with van der Waals surface area (Å²) >= 11 is 0. The van der Waals surface area contributed by atoms with Crippen LogP contribution in [-0.2, 0) is 93.6 Å². The van der Waals surface area contributed by atoms with Crippen LogP contribution in [0.1, 0.15) is 59.2 Å². The fourth-order valence-electron chi connectivity index (χ4n) is 9.96. The Labute approximate surface area is 460 Å². The summed E-state index contributed by atoms with van der Waals surface area (Å²) < 4.78 is 74.5. The van der Waals surface area contributed by atoms with Gasteiger partial charge in [0.15, 0.2) is 5.79 Å². The molecule has 0 amide bonds. The molecule has 0 aliphatic carbocycles. The van der Waals surface area contributed by atoms with E-state index in [2.05, 4.69) is 0 Å². The maximum atomic E-state index is 13.5. The summed E-state index contributed by atoms with van der Waals surface area (Å²) in [6.45, 7) is 5.77. The van der Waals surface area contributed by atoms with Gasteiger partial charge in [-0.05, 0) is 64.9 Å². The lowest BCUT2D eigenvalue weighted by Crippen LogP contribution is -2.62. The molecule has 0 aromatic heterocycles. The zero-order valence-electron chi connectivity index (χ0n) is 44.9. The predicted molar refractivity (Wildman–Crippen MR) is 297 cm³/mol. The summed E-state index contributed by atoms with van der Waals surface area (Å²) in [4.78, 5) is 0. The zero-order valence-corrected chi connectivity index (χ0v) is 44.9. The molecule has 78 heavy (non-hydrogen) atoms. The van der Waals surface area contributed by atoms with Crippen molar-refractivity contribution < 1.29 is 57.2 Å². The Morgan fingerprint density at radius 2 is 0.885 bits per heavy atom.